The van der Waals surface area contributed by atoms with E-state index in [1.807, 2.05) is 30.3 Å². The third-order valence-electron chi connectivity index (χ3n) is 3.59. The van der Waals surface area contributed by atoms with Crippen molar-refractivity contribution in [2.45, 2.75) is 33.4 Å². The Bertz CT molecular complexity index is 663. The number of alkyl carbamates (subject to hydrolysis) is 1. The van der Waals surface area contributed by atoms with Gasteiger partial charge in [-0.25, -0.2) is 4.79 Å². The highest BCUT2D eigenvalue weighted by Crippen LogP contribution is 2.04. The topological polar surface area (TPSA) is 123 Å². The Balaban J connectivity index is 2.42. The van der Waals surface area contributed by atoms with Crippen molar-refractivity contribution in [2.75, 3.05) is 19.7 Å². The van der Waals surface area contributed by atoms with Gasteiger partial charge in [-0.05, 0) is 18.4 Å². The van der Waals surface area contributed by atoms with Crippen LogP contribution in [0.25, 0.3) is 0 Å². The number of carbonyl (C=O) groups excluding carboxylic acids is 4. The van der Waals surface area contributed by atoms with Crippen LogP contribution in [-0.2, 0) is 30.5 Å². The summed E-state index contributed by atoms with van der Waals surface area (Å²) in [5.41, 5.74) is 0.821. The van der Waals surface area contributed by atoms with E-state index in [9.17, 15) is 19.2 Å². The highest BCUT2D eigenvalue weighted by Gasteiger charge is 2.25. The molecule has 1 atom stereocenters. The van der Waals surface area contributed by atoms with E-state index in [1.54, 1.807) is 20.8 Å². The van der Waals surface area contributed by atoms with E-state index in [2.05, 4.69) is 20.7 Å². The molecule has 154 valence electrons. The molecule has 0 aliphatic heterocycles. The molecule has 0 aliphatic rings. The maximum absolute atomic E-state index is 12.3. The van der Waals surface area contributed by atoms with Crippen LogP contribution in [0.5, 0.6) is 0 Å². The molecule has 0 saturated carbocycles. The van der Waals surface area contributed by atoms with Crippen LogP contribution in [-0.4, -0.2) is 49.6 Å². The third kappa shape index (κ3) is 9.02. The molecule has 0 spiro atoms. The Kier molecular flexibility index (Phi) is 10.1. The largest absolute Gasteiger partial charge is 0.465 e. The standard InChI is InChI=1S/C19H27N3O6/c1-4-27-16(24)11-20-15(23)10-21-18(25)17(13(2)3)22-19(26)28-12-14-8-6-5-7-9-14/h5-9,13,17H,4,10-12H2,1-3H3,(H,20,23)(H,21,25)(H,22,26). The first-order chi connectivity index (χ1) is 13.3. The van der Waals surface area contributed by atoms with Gasteiger partial charge >= 0.3 is 12.1 Å². The summed E-state index contributed by atoms with van der Waals surface area (Å²) in [6.45, 7) is 4.85. The van der Waals surface area contributed by atoms with Crippen molar-refractivity contribution >= 4 is 23.9 Å². The van der Waals surface area contributed by atoms with E-state index < -0.39 is 29.9 Å². The lowest BCUT2D eigenvalue weighted by Gasteiger charge is -2.21. The lowest BCUT2D eigenvalue weighted by molar-refractivity contribution is -0.143. The number of hydrogen-bond acceptors (Lipinski definition) is 6. The van der Waals surface area contributed by atoms with Gasteiger partial charge in [0.2, 0.25) is 11.8 Å². The number of carbonyl (C=O) groups is 4. The first kappa shape index (κ1) is 22.9. The van der Waals surface area contributed by atoms with Gasteiger partial charge < -0.3 is 25.4 Å². The minimum Gasteiger partial charge on any atom is -0.465 e. The molecule has 0 fully saturated rings. The smallest absolute Gasteiger partial charge is 0.408 e. The van der Waals surface area contributed by atoms with Crippen molar-refractivity contribution in [3.05, 3.63) is 35.9 Å². The fourth-order valence-corrected chi connectivity index (χ4v) is 2.15. The average molecular weight is 393 g/mol. The van der Waals surface area contributed by atoms with Crippen LogP contribution in [0, 0.1) is 5.92 Å². The van der Waals surface area contributed by atoms with Crippen molar-refractivity contribution in [2.24, 2.45) is 5.92 Å². The molecule has 3 amide bonds. The average Bonchev–Trinajstić information content (AvgIpc) is 2.67. The van der Waals surface area contributed by atoms with Crippen LogP contribution < -0.4 is 16.0 Å². The van der Waals surface area contributed by atoms with E-state index >= 15 is 0 Å². The number of ether oxygens (including phenoxy) is 2. The van der Waals surface area contributed by atoms with Crippen molar-refractivity contribution in [1.29, 1.82) is 0 Å². The highest BCUT2D eigenvalue weighted by molar-refractivity contribution is 5.90. The SMILES string of the molecule is CCOC(=O)CNC(=O)CNC(=O)C(NC(=O)OCc1ccccc1)C(C)C. The molecule has 1 rings (SSSR count). The van der Waals surface area contributed by atoms with E-state index in [4.69, 9.17) is 4.74 Å². The molecule has 9 heteroatoms. The molecule has 3 N–H and O–H groups in total. The minimum absolute atomic E-state index is 0.0787. The van der Waals surface area contributed by atoms with Gasteiger partial charge in [-0.3, -0.25) is 14.4 Å². The second kappa shape index (κ2) is 12.3. The van der Waals surface area contributed by atoms with Crippen molar-refractivity contribution in [1.82, 2.24) is 16.0 Å². The normalized spacial score (nSPS) is 11.3. The van der Waals surface area contributed by atoms with Crippen LogP contribution in [0.4, 0.5) is 4.79 Å². The van der Waals surface area contributed by atoms with Crippen molar-refractivity contribution in [3.63, 3.8) is 0 Å². The highest BCUT2D eigenvalue weighted by atomic mass is 16.5. The van der Waals surface area contributed by atoms with Crippen LogP contribution in [0.15, 0.2) is 30.3 Å². The monoisotopic (exact) mass is 393 g/mol. The summed E-state index contributed by atoms with van der Waals surface area (Å²) in [6, 6.07) is 8.26. The Morgan fingerprint density at radius 2 is 1.64 bits per heavy atom. The molecule has 0 aromatic heterocycles. The maximum Gasteiger partial charge on any atom is 0.408 e. The number of esters is 1. The van der Waals surface area contributed by atoms with E-state index in [0.717, 1.165) is 5.56 Å². The summed E-state index contributed by atoms with van der Waals surface area (Å²) < 4.78 is 9.80. The van der Waals surface area contributed by atoms with Gasteiger partial charge in [0.05, 0.1) is 13.2 Å². The third-order valence-corrected chi connectivity index (χ3v) is 3.59. The predicted molar refractivity (Wildman–Crippen MR) is 101 cm³/mol. The van der Waals surface area contributed by atoms with Crippen LogP contribution in [0.3, 0.4) is 0 Å². The van der Waals surface area contributed by atoms with Crippen molar-refractivity contribution < 1.29 is 28.7 Å². The fourth-order valence-electron chi connectivity index (χ4n) is 2.15. The molecule has 28 heavy (non-hydrogen) atoms. The van der Waals surface area contributed by atoms with Crippen LogP contribution >= 0.6 is 0 Å². The first-order valence-corrected chi connectivity index (χ1v) is 9.00. The summed E-state index contributed by atoms with van der Waals surface area (Å²) in [5.74, 6) is -1.87. The predicted octanol–water partition coefficient (Wildman–Crippen LogP) is 0.733. The Morgan fingerprint density at radius 3 is 2.25 bits per heavy atom. The summed E-state index contributed by atoms with van der Waals surface area (Å²) in [6.07, 6.45) is -0.732. The minimum atomic E-state index is -0.874. The van der Waals surface area contributed by atoms with Gasteiger partial charge in [-0.1, -0.05) is 44.2 Å². The zero-order valence-corrected chi connectivity index (χ0v) is 16.3. The van der Waals surface area contributed by atoms with Gasteiger partial charge in [0.25, 0.3) is 0 Å². The van der Waals surface area contributed by atoms with E-state index in [1.165, 1.54) is 0 Å². The van der Waals surface area contributed by atoms with Crippen LogP contribution in [0.2, 0.25) is 0 Å². The Hall–Kier alpha value is -3.10. The molecule has 0 heterocycles. The summed E-state index contributed by atoms with van der Waals surface area (Å²) >= 11 is 0. The lowest BCUT2D eigenvalue weighted by atomic mass is 10.0. The van der Waals surface area contributed by atoms with E-state index in [0.29, 0.717) is 0 Å². The second-order valence-corrected chi connectivity index (χ2v) is 6.23. The van der Waals surface area contributed by atoms with Gasteiger partial charge in [0, 0.05) is 0 Å². The molecule has 0 bridgehead atoms. The lowest BCUT2D eigenvalue weighted by Crippen LogP contribution is -2.51. The molecular weight excluding hydrogens is 366 g/mol. The number of amides is 3. The maximum atomic E-state index is 12.3. The Morgan fingerprint density at radius 1 is 0.964 bits per heavy atom. The second-order valence-electron chi connectivity index (χ2n) is 6.23. The molecule has 1 aromatic carbocycles. The summed E-state index contributed by atoms with van der Waals surface area (Å²) in [5, 5.41) is 7.25. The summed E-state index contributed by atoms with van der Waals surface area (Å²) in [7, 11) is 0. The summed E-state index contributed by atoms with van der Waals surface area (Å²) in [4.78, 5) is 47.1. The van der Waals surface area contributed by atoms with Gasteiger partial charge in [-0.15, -0.1) is 0 Å². The fraction of sp³-hybridized carbons (Fsp3) is 0.474. The molecule has 0 saturated heterocycles. The number of nitrogens with one attached hydrogen (secondary N) is 3. The first-order valence-electron chi connectivity index (χ1n) is 9.00. The molecule has 0 aliphatic carbocycles. The molecule has 0 radical (unpaired) electrons. The molecule has 9 nitrogen and oxygen atoms in total. The molecular formula is C19H27N3O6. The van der Waals surface area contributed by atoms with Gasteiger partial charge in [-0.2, -0.15) is 0 Å². The Labute approximate surface area is 164 Å². The van der Waals surface area contributed by atoms with Gasteiger partial charge in [0.15, 0.2) is 0 Å². The molecule has 1 unspecified atom stereocenters. The zero-order valence-electron chi connectivity index (χ0n) is 16.3. The van der Waals surface area contributed by atoms with E-state index in [-0.39, 0.29) is 32.2 Å². The number of hydrogen-bond donors (Lipinski definition) is 3. The number of rotatable bonds is 10. The van der Waals surface area contributed by atoms with Crippen LogP contribution in [0.1, 0.15) is 26.3 Å². The number of benzene rings is 1. The quantitative estimate of drug-likeness (QED) is 0.504. The van der Waals surface area contributed by atoms with Crippen molar-refractivity contribution in [3.8, 4) is 0 Å². The molecule has 1 aromatic rings. The van der Waals surface area contributed by atoms with Gasteiger partial charge in [0.1, 0.15) is 19.2 Å². The zero-order chi connectivity index (χ0) is 20.9.